The van der Waals surface area contributed by atoms with Crippen molar-refractivity contribution >= 4 is 11.6 Å². The number of anilines is 1. The average Bonchev–Trinajstić information content (AvgIpc) is 3.40. The number of nitrogens with zero attached hydrogens (tertiary/aromatic N) is 5. The second kappa shape index (κ2) is 8.85. The van der Waals surface area contributed by atoms with Gasteiger partial charge in [-0.05, 0) is 54.8 Å². The van der Waals surface area contributed by atoms with Gasteiger partial charge < -0.3 is 14.2 Å². The zero-order valence-corrected chi connectivity index (χ0v) is 21.9. The van der Waals surface area contributed by atoms with E-state index in [1.807, 2.05) is 29.8 Å². The number of carbonyl (C=O) groups is 1. The maximum atomic E-state index is 14.2. The molecule has 1 aromatic heterocycles. The summed E-state index contributed by atoms with van der Waals surface area (Å²) in [7, 11) is 1.87. The highest BCUT2D eigenvalue weighted by Gasteiger charge is 2.45. The van der Waals surface area contributed by atoms with E-state index in [-0.39, 0.29) is 36.2 Å². The Morgan fingerprint density at radius 2 is 1.90 bits per heavy atom. The summed E-state index contributed by atoms with van der Waals surface area (Å²) in [5.41, 5.74) is -0.723. The van der Waals surface area contributed by atoms with Crippen LogP contribution in [0.25, 0.3) is 0 Å². The van der Waals surface area contributed by atoms with Crippen molar-refractivity contribution in [2.24, 2.45) is 7.05 Å². The molecule has 0 radical (unpaired) electrons. The predicted molar refractivity (Wildman–Crippen MR) is 135 cm³/mol. The molecule has 3 aliphatic heterocycles. The minimum atomic E-state index is -4.63. The molecule has 0 unspecified atom stereocenters. The van der Waals surface area contributed by atoms with Gasteiger partial charge in [-0.25, -0.2) is 4.39 Å². The molecule has 1 atom stereocenters. The molecule has 0 bridgehead atoms. The molecule has 0 aliphatic carbocycles. The summed E-state index contributed by atoms with van der Waals surface area (Å²) in [5.74, 6) is 0.313. The Bertz CT molecular complexity index is 1440. The number of hydrogen-bond acceptors (Lipinski definition) is 5. The van der Waals surface area contributed by atoms with Gasteiger partial charge in [-0.1, -0.05) is 12.1 Å². The Kier molecular flexibility index (Phi) is 5.89. The van der Waals surface area contributed by atoms with Crippen molar-refractivity contribution in [3.8, 4) is 0 Å². The van der Waals surface area contributed by atoms with E-state index in [9.17, 15) is 22.4 Å². The molecule has 2 fully saturated rings. The smallest absolute Gasteiger partial charge is 0.379 e. The fourth-order valence-corrected chi connectivity index (χ4v) is 5.91. The molecule has 7 nitrogen and oxygen atoms in total. The summed E-state index contributed by atoms with van der Waals surface area (Å²) < 4.78 is 64.2. The van der Waals surface area contributed by atoms with Crippen molar-refractivity contribution in [1.82, 2.24) is 19.7 Å². The molecule has 2 saturated heterocycles. The first-order valence-corrected chi connectivity index (χ1v) is 12.9. The summed E-state index contributed by atoms with van der Waals surface area (Å²) in [6.07, 6.45) is -2.43. The van der Waals surface area contributed by atoms with Crippen molar-refractivity contribution in [2.75, 3.05) is 31.2 Å². The van der Waals surface area contributed by atoms with Gasteiger partial charge in [-0.3, -0.25) is 9.69 Å². The number of carbonyl (C=O) groups excluding carboxylic acids is 1. The summed E-state index contributed by atoms with van der Waals surface area (Å²) in [6, 6.07) is 9.57. The molecular weight excluding hydrogens is 514 g/mol. The number of aromatic nitrogens is 3. The highest BCUT2D eigenvalue weighted by atomic mass is 19.4. The molecule has 11 heteroatoms. The zero-order chi connectivity index (χ0) is 27.7. The average molecular weight is 544 g/mol. The van der Waals surface area contributed by atoms with E-state index in [1.54, 1.807) is 30.3 Å². The maximum absolute atomic E-state index is 14.2. The minimum Gasteiger partial charge on any atom is -0.379 e. The van der Waals surface area contributed by atoms with E-state index in [1.165, 1.54) is 11.8 Å². The maximum Gasteiger partial charge on any atom is 0.416 e. The van der Waals surface area contributed by atoms with Crippen molar-refractivity contribution in [1.29, 1.82) is 0 Å². The number of likely N-dealkylation sites (tertiary alicyclic amines) is 1. The summed E-state index contributed by atoms with van der Waals surface area (Å²) in [5, 5.41) is 8.15. The van der Waals surface area contributed by atoms with Gasteiger partial charge in [0.05, 0.1) is 25.3 Å². The van der Waals surface area contributed by atoms with Crippen LogP contribution in [0.2, 0.25) is 0 Å². The number of aryl methyl sites for hydroxylation is 1. The van der Waals surface area contributed by atoms with E-state index in [2.05, 4.69) is 10.2 Å². The number of amides is 1. The molecule has 39 heavy (non-hydrogen) atoms. The Morgan fingerprint density at radius 3 is 2.49 bits per heavy atom. The summed E-state index contributed by atoms with van der Waals surface area (Å²) in [6.45, 7) is 4.24. The number of alkyl halides is 4. The monoisotopic (exact) mass is 543 g/mol. The van der Waals surface area contributed by atoms with Crippen LogP contribution in [0.1, 0.15) is 58.3 Å². The van der Waals surface area contributed by atoms with Crippen LogP contribution >= 0.6 is 0 Å². The predicted octanol–water partition coefficient (Wildman–Crippen LogP) is 4.61. The molecule has 3 aliphatic rings. The first kappa shape index (κ1) is 25.9. The highest BCUT2D eigenvalue weighted by Crippen LogP contribution is 2.43. The second-order valence-electron chi connectivity index (χ2n) is 11.3. The van der Waals surface area contributed by atoms with Crippen LogP contribution in [0.4, 0.5) is 23.2 Å². The third-order valence-electron chi connectivity index (χ3n) is 8.29. The molecule has 4 heterocycles. The van der Waals surface area contributed by atoms with Crippen molar-refractivity contribution in [2.45, 2.75) is 50.1 Å². The molecule has 0 N–H and O–H groups in total. The van der Waals surface area contributed by atoms with Crippen LogP contribution in [0.15, 0.2) is 42.7 Å². The quantitative estimate of drug-likeness (QED) is 0.425. The van der Waals surface area contributed by atoms with Gasteiger partial charge in [0.15, 0.2) is 0 Å². The van der Waals surface area contributed by atoms with Gasteiger partial charge in [-0.2, -0.15) is 13.2 Å². The Hall–Kier alpha value is -3.31. The van der Waals surface area contributed by atoms with E-state index in [4.69, 9.17) is 4.74 Å². The normalized spacial score (nSPS) is 20.9. The van der Waals surface area contributed by atoms with Crippen molar-refractivity contribution in [3.63, 3.8) is 0 Å². The van der Waals surface area contributed by atoms with Crippen LogP contribution < -0.4 is 4.90 Å². The van der Waals surface area contributed by atoms with E-state index in [0.717, 1.165) is 17.5 Å². The number of hydrogen-bond donors (Lipinski definition) is 0. The molecule has 0 spiro atoms. The molecule has 206 valence electrons. The lowest BCUT2D eigenvalue weighted by atomic mass is 9.75. The van der Waals surface area contributed by atoms with Gasteiger partial charge in [-0.15, -0.1) is 10.2 Å². The van der Waals surface area contributed by atoms with Gasteiger partial charge >= 0.3 is 6.18 Å². The molecule has 0 saturated carbocycles. The van der Waals surface area contributed by atoms with Crippen LogP contribution in [0.3, 0.4) is 0 Å². The van der Waals surface area contributed by atoms with Gasteiger partial charge in [0.2, 0.25) is 0 Å². The standard InChI is InChI=1S/C28H29F4N5O2/c1-17(36-12-26(2,29)13-36)18-7-21-22(23(8-18)28(30,31)32)11-37(25(21)38)20-6-4-5-19(9-20)27(14-39-15-27)10-24-34-33-16-35(24)3/h4-9,16-17H,10-15H2,1-3H3/t17-/m0/s1. The number of fused-ring (bicyclic) bond motifs is 1. The SMILES string of the molecule is C[C@@H](c1cc2c(c(C(F)(F)F)c1)CN(c1cccc(C3(Cc4nncn4C)COC3)c1)C2=O)N1CC(C)(F)C1. The van der Waals surface area contributed by atoms with Crippen LogP contribution in [0.5, 0.6) is 0 Å². The Balaban J connectivity index is 1.33. The van der Waals surface area contributed by atoms with Gasteiger partial charge in [0, 0.05) is 49.3 Å². The lowest BCUT2D eigenvalue weighted by molar-refractivity contribution is -0.138. The van der Waals surface area contributed by atoms with Gasteiger partial charge in [0.25, 0.3) is 5.91 Å². The summed E-state index contributed by atoms with van der Waals surface area (Å²) >= 11 is 0. The first-order valence-electron chi connectivity index (χ1n) is 12.9. The summed E-state index contributed by atoms with van der Waals surface area (Å²) in [4.78, 5) is 16.8. The lowest BCUT2D eigenvalue weighted by Crippen LogP contribution is -2.57. The van der Waals surface area contributed by atoms with Crippen LogP contribution in [-0.2, 0) is 36.3 Å². The molecule has 2 aromatic carbocycles. The number of benzene rings is 2. The number of halogens is 4. The number of rotatable bonds is 6. The molecule has 1 amide bonds. The topological polar surface area (TPSA) is 63.5 Å². The highest BCUT2D eigenvalue weighted by molar-refractivity contribution is 6.10. The molecular formula is C28H29F4N5O2. The van der Waals surface area contributed by atoms with Crippen LogP contribution in [-0.4, -0.2) is 57.5 Å². The molecule has 6 rings (SSSR count). The Labute approximate surface area is 223 Å². The molecule has 3 aromatic rings. The third kappa shape index (κ3) is 4.41. The van der Waals surface area contributed by atoms with Crippen LogP contribution in [0, 0.1) is 0 Å². The first-order chi connectivity index (χ1) is 18.4. The third-order valence-corrected chi connectivity index (χ3v) is 8.29. The van der Waals surface area contributed by atoms with E-state index in [0.29, 0.717) is 30.9 Å². The largest absolute Gasteiger partial charge is 0.416 e. The lowest BCUT2D eigenvalue weighted by Gasteiger charge is -2.46. The minimum absolute atomic E-state index is 0.0337. The second-order valence-corrected chi connectivity index (χ2v) is 11.3. The van der Waals surface area contributed by atoms with Gasteiger partial charge in [0.1, 0.15) is 17.8 Å². The van der Waals surface area contributed by atoms with Crippen molar-refractivity contribution in [3.05, 3.63) is 76.4 Å². The van der Waals surface area contributed by atoms with E-state index >= 15 is 0 Å². The van der Waals surface area contributed by atoms with Crippen molar-refractivity contribution < 1.29 is 27.1 Å². The number of ether oxygens (including phenoxy) is 1. The fourth-order valence-electron chi connectivity index (χ4n) is 5.91. The fraction of sp³-hybridized carbons (Fsp3) is 0.464. The Morgan fingerprint density at radius 1 is 1.15 bits per heavy atom. The zero-order valence-electron chi connectivity index (χ0n) is 21.9. The van der Waals surface area contributed by atoms with E-state index < -0.39 is 29.4 Å².